The van der Waals surface area contributed by atoms with Crippen molar-refractivity contribution in [1.82, 2.24) is 26.6 Å². The van der Waals surface area contributed by atoms with Gasteiger partial charge in [-0.25, -0.2) is 4.79 Å². The summed E-state index contributed by atoms with van der Waals surface area (Å²) in [5, 5.41) is 12.5. The minimum atomic E-state index is -0.933. The molecule has 0 spiro atoms. The number of nitrogens with one attached hydrogen (secondary N) is 5. The fraction of sp³-hybridized carbons (Fsp3) is 0.615. The monoisotopic (exact) mass is 550 g/mol. The summed E-state index contributed by atoms with van der Waals surface area (Å²) in [5.74, 6) is -2.47. The fourth-order valence-corrected chi connectivity index (χ4v) is 3.48. The molecule has 1 aliphatic carbocycles. The number of alkyl carbamates (subject to hydrolysis) is 1. The van der Waals surface area contributed by atoms with Crippen LogP contribution in [0.25, 0.3) is 0 Å². The number of hydrogen-bond donors (Lipinski definition) is 6. The van der Waals surface area contributed by atoms with Gasteiger partial charge >= 0.3 is 6.09 Å². The van der Waals surface area contributed by atoms with E-state index in [1.807, 2.05) is 24.3 Å². The number of rotatable bonds is 16. The molecule has 13 heteroatoms. The summed E-state index contributed by atoms with van der Waals surface area (Å²) in [6.07, 6.45) is 10.2. The van der Waals surface area contributed by atoms with Crippen LogP contribution in [0.2, 0.25) is 0 Å². The Labute approximate surface area is 229 Å². The molecular weight excluding hydrogens is 508 g/mol. The number of hydrogen-bond acceptors (Lipinski definition) is 7. The number of unbranched alkanes of at least 4 members (excludes halogenated alkanes) is 2. The van der Waals surface area contributed by atoms with Crippen molar-refractivity contribution in [3.8, 4) is 0 Å². The van der Waals surface area contributed by atoms with Crippen LogP contribution in [-0.4, -0.2) is 73.5 Å². The van der Waals surface area contributed by atoms with E-state index in [0.29, 0.717) is 38.6 Å². The smallest absolute Gasteiger partial charge is 0.408 e. The van der Waals surface area contributed by atoms with Crippen LogP contribution in [0.5, 0.6) is 0 Å². The first-order chi connectivity index (χ1) is 18.4. The molecule has 0 aliphatic heterocycles. The number of carbonyl (C=O) groups is 6. The Morgan fingerprint density at radius 1 is 0.872 bits per heavy atom. The first kappa shape index (κ1) is 33.1. The van der Waals surface area contributed by atoms with Gasteiger partial charge in [0.05, 0.1) is 13.1 Å². The van der Waals surface area contributed by atoms with Crippen LogP contribution in [-0.2, 0) is 28.7 Å². The minimum Gasteiger partial charge on any atom is -0.444 e. The van der Waals surface area contributed by atoms with E-state index in [0.717, 1.165) is 6.42 Å². The van der Waals surface area contributed by atoms with E-state index in [1.54, 1.807) is 20.8 Å². The normalized spacial score (nSPS) is 15.0. The molecule has 0 aromatic rings. The Kier molecular flexibility index (Phi) is 14.9. The molecule has 0 saturated heterocycles. The van der Waals surface area contributed by atoms with Gasteiger partial charge < -0.3 is 37.1 Å². The van der Waals surface area contributed by atoms with E-state index in [9.17, 15) is 28.8 Å². The van der Waals surface area contributed by atoms with Gasteiger partial charge in [-0.05, 0) is 52.4 Å². The Bertz CT molecular complexity index is 926. The average molecular weight is 551 g/mol. The Hall–Kier alpha value is -3.90. The molecule has 6 amide bonds. The summed E-state index contributed by atoms with van der Waals surface area (Å²) in [6.45, 7) is 4.40. The van der Waals surface area contributed by atoms with Gasteiger partial charge in [-0.2, -0.15) is 0 Å². The third-order valence-corrected chi connectivity index (χ3v) is 5.34. The summed E-state index contributed by atoms with van der Waals surface area (Å²) in [4.78, 5) is 71.8. The summed E-state index contributed by atoms with van der Waals surface area (Å²) >= 11 is 0. The second-order valence-electron chi connectivity index (χ2n) is 10.1. The highest BCUT2D eigenvalue weighted by Gasteiger charge is 2.25. The van der Waals surface area contributed by atoms with Gasteiger partial charge in [0.1, 0.15) is 18.2 Å². The Morgan fingerprint density at radius 3 is 2.18 bits per heavy atom. The van der Waals surface area contributed by atoms with Crippen molar-refractivity contribution in [2.45, 2.75) is 70.9 Å². The summed E-state index contributed by atoms with van der Waals surface area (Å²) in [6, 6.07) is -0.933. The predicted molar refractivity (Wildman–Crippen MR) is 144 cm³/mol. The van der Waals surface area contributed by atoms with Crippen LogP contribution in [0, 0.1) is 5.92 Å². The van der Waals surface area contributed by atoms with Gasteiger partial charge in [0.2, 0.25) is 29.5 Å². The lowest BCUT2D eigenvalue weighted by Gasteiger charge is -2.23. The highest BCUT2D eigenvalue weighted by molar-refractivity contribution is 5.92. The van der Waals surface area contributed by atoms with Crippen molar-refractivity contribution in [2.75, 3.05) is 26.2 Å². The van der Waals surface area contributed by atoms with E-state index >= 15 is 0 Å². The quantitative estimate of drug-likeness (QED) is 0.144. The summed E-state index contributed by atoms with van der Waals surface area (Å²) in [7, 11) is 0. The summed E-state index contributed by atoms with van der Waals surface area (Å²) < 4.78 is 5.04. The average Bonchev–Trinajstić information content (AvgIpc) is 2.85. The molecule has 0 fully saturated rings. The third-order valence-electron chi connectivity index (χ3n) is 5.34. The number of amides is 6. The topological polar surface area (TPSA) is 198 Å². The van der Waals surface area contributed by atoms with E-state index in [2.05, 4.69) is 26.6 Å². The van der Waals surface area contributed by atoms with Crippen molar-refractivity contribution in [3.63, 3.8) is 0 Å². The number of carbonyl (C=O) groups excluding carboxylic acids is 6. The molecule has 13 nitrogen and oxygen atoms in total. The van der Waals surface area contributed by atoms with E-state index in [4.69, 9.17) is 10.5 Å². The number of allylic oxidation sites excluding steroid dienone is 4. The maximum Gasteiger partial charge on any atom is 0.408 e. The van der Waals surface area contributed by atoms with Crippen LogP contribution >= 0.6 is 0 Å². The standard InChI is InChI=1S/C26H42N6O7/c1-26(2,3)39-25(38)31-16-22(35)29-17-23(36)32-19(14-18-10-6-4-7-11-18)24(37)30-15-21(34)28-13-9-5-8-12-20(27)33/h4,6-7,10,18-19H,5,8-9,11-17H2,1-3H3,(H2,27,33)(H,28,34)(H,29,35)(H,30,37)(H,31,38)(H,32,36)/t18?,19-/m0/s1. The van der Waals surface area contributed by atoms with Crippen molar-refractivity contribution in [1.29, 1.82) is 0 Å². The van der Waals surface area contributed by atoms with Crippen LogP contribution in [0.1, 0.15) is 59.3 Å². The maximum absolute atomic E-state index is 12.8. The molecule has 0 aromatic heterocycles. The molecule has 7 N–H and O–H groups in total. The highest BCUT2D eigenvalue weighted by atomic mass is 16.6. The van der Waals surface area contributed by atoms with Gasteiger partial charge in [0.25, 0.3) is 0 Å². The molecular formula is C26H42N6O7. The fourth-order valence-electron chi connectivity index (χ4n) is 3.48. The van der Waals surface area contributed by atoms with E-state index in [1.165, 1.54) is 0 Å². The molecule has 0 heterocycles. The lowest BCUT2D eigenvalue weighted by atomic mass is 9.93. The second-order valence-corrected chi connectivity index (χ2v) is 10.1. The predicted octanol–water partition coefficient (Wildman–Crippen LogP) is -0.0874. The number of ether oxygens (including phenoxy) is 1. The van der Waals surface area contributed by atoms with Gasteiger partial charge in [0, 0.05) is 13.0 Å². The zero-order chi connectivity index (χ0) is 29.3. The minimum absolute atomic E-state index is 0.00731. The van der Waals surface area contributed by atoms with Crippen molar-refractivity contribution >= 4 is 35.6 Å². The van der Waals surface area contributed by atoms with Crippen molar-refractivity contribution in [3.05, 3.63) is 24.3 Å². The molecule has 1 unspecified atom stereocenters. The lowest BCUT2D eigenvalue weighted by Crippen LogP contribution is -2.52. The van der Waals surface area contributed by atoms with Crippen LogP contribution < -0.4 is 32.3 Å². The molecule has 1 rings (SSSR count). The van der Waals surface area contributed by atoms with Gasteiger partial charge in [0.15, 0.2) is 0 Å². The highest BCUT2D eigenvalue weighted by Crippen LogP contribution is 2.17. The Balaban J connectivity index is 2.49. The lowest BCUT2D eigenvalue weighted by molar-refractivity contribution is -0.131. The van der Waals surface area contributed by atoms with Crippen LogP contribution in [0.3, 0.4) is 0 Å². The van der Waals surface area contributed by atoms with Crippen LogP contribution in [0.15, 0.2) is 24.3 Å². The largest absolute Gasteiger partial charge is 0.444 e. The first-order valence-electron chi connectivity index (χ1n) is 13.0. The van der Waals surface area contributed by atoms with E-state index in [-0.39, 0.29) is 30.8 Å². The van der Waals surface area contributed by atoms with Crippen molar-refractivity contribution in [2.24, 2.45) is 11.7 Å². The van der Waals surface area contributed by atoms with E-state index < -0.39 is 42.0 Å². The van der Waals surface area contributed by atoms with Gasteiger partial charge in [-0.1, -0.05) is 30.7 Å². The summed E-state index contributed by atoms with van der Waals surface area (Å²) in [5.41, 5.74) is 4.37. The first-order valence-corrected chi connectivity index (χ1v) is 13.0. The molecule has 0 aromatic carbocycles. The van der Waals surface area contributed by atoms with Crippen LogP contribution in [0.4, 0.5) is 4.79 Å². The SMILES string of the molecule is CC(C)(C)OC(=O)NCC(=O)NCC(=O)N[C@@H](CC1C=CC=CC1)C(=O)NCC(=O)NCCCCCC(N)=O. The zero-order valence-electron chi connectivity index (χ0n) is 23.0. The number of nitrogens with two attached hydrogens (primary N) is 1. The molecule has 39 heavy (non-hydrogen) atoms. The zero-order valence-corrected chi connectivity index (χ0v) is 23.0. The molecule has 0 radical (unpaired) electrons. The third kappa shape index (κ3) is 17.3. The molecule has 0 saturated carbocycles. The molecule has 2 atom stereocenters. The maximum atomic E-state index is 12.8. The Morgan fingerprint density at radius 2 is 1.54 bits per heavy atom. The molecule has 1 aliphatic rings. The molecule has 218 valence electrons. The van der Waals surface area contributed by atoms with Gasteiger partial charge in [-0.3, -0.25) is 24.0 Å². The van der Waals surface area contributed by atoms with Crippen molar-refractivity contribution < 1.29 is 33.5 Å². The van der Waals surface area contributed by atoms with Gasteiger partial charge in [-0.15, -0.1) is 0 Å². The number of primary amides is 1. The molecule has 0 bridgehead atoms. The second kappa shape index (κ2) is 17.6.